The van der Waals surface area contributed by atoms with Gasteiger partial charge in [0, 0.05) is 5.39 Å². The Morgan fingerprint density at radius 2 is 1.84 bits per heavy atom. The summed E-state index contributed by atoms with van der Waals surface area (Å²) in [5.74, 6) is 0. The normalized spacial score (nSPS) is 11.5. The average Bonchev–Trinajstić information content (AvgIpc) is 2.59. The molecule has 1 aromatic heterocycles. The van der Waals surface area contributed by atoms with Crippen molar-refractivity contribution in [3.63, 3.8) is 0 Å². The Bertz CT molecular complexity index is 981. The first-order valence-electron chi connectivity index (χ1n) is 8.11. The third kappa shape index (κ3) is 3.31. The SMILES string of the molecule is C=Cc1cc(C(=C)N)nc2ccc(-c3cccc(C(C)(C)F)c3)cc12. The van der Waals surface area contributed by atoms with E-state index in [9.17, 15) is 4.39 Å². The van der Waals surface area contributed by atoms with Crippen LogP contribution in [0.5, 0.6) is 0 Å². The summed E-state index contributed by atoms with van der Waals surface area (Å²) in [6.45, 7) is 10.8. The van der Waals surface area contributed by atoms with E-state index in [1.165, 1.54) is 0 Å². The van der Waals surface area contributed by atoms with Crippen molar-refractivity contribution in [2.24, 2.45) is 5.73 Å². The summed E-state index contributed by atoms with van der Waals surface area (Å²) in [5, 5.41) is 0.974. The number of halogens is 1. The van der Waals surface area contributed by atoms with Gasteiger partial charge in [0.25, 0.3) is 0 Å². The van der Waals surface area contributed by atoms with Gasteiger partial charge in [0.05, 0.1) is 16.9 Å². The zero-order chi connectivity index (χ0) is 18.2. The van der Waals surface area contributed by atoms with Gasteiger partial charge < -0.3 is 5.73 Å². The molecule has 0 aliphatic carbocycles. The monoisotopic (exact) mass is 332 g/mol. The lowest BCUT2D eigenvalue weighted by Gasteiger charge is -2.16. The number of nitrogens with zero attached hydrogens (tertiary/aromatic N) is 1. The van der Waals surface area contributed by atoms with Crippen LogP contribution in [0.15, 0.2) is 61.7 Å². The third-order valence-electron chi connectivity index (χ3n) is 4.27. The molecule has 2 nitrogen and oxygen atoms in total. The molecule has 2 aromatic carbocycles. The number of hydrogen-bond donors (Lipinski definition) is 1. The summed E-state index contributed by atoms with van der Waals surface area (Å²) in [6, 6.07) is 15.4. The molecular weight excluding hydrogens is 311 g/mol. The Morgan fingerprint density at radius 1 is 1.12 bits per heavy atom. The zero-order valence-electron chi connectivity index (χ0n) is 14.5. The number of pyridine rings is 1. The second-order valence-electron chi connectivity index (χ2n) is 6.61. The van der Waals surface area contributed by atoms with E-state index < -0.39 is 5.67 Å². The number of benzene rings is 2. The van der Waals surface area contributed by atoms with Crippen LogP contribution >= 0.6 is 0 Å². The van der Waals surface area contributed by atoms with Crippen LogP contribution in [0.3, 0.4) is 0 Å². The molecule has 3 rings (SSSR count). The molecule has 25 heavy (non-hydrogen) atoms. The van der Waals surface area contributed by atoms with Gasteiger partial charge in [-0.05, 0) is 60.4 Å². The Labute approximate surface area is 147 Å². The molecule has 2 N–H and O–H groups in total. The molecule has 1 heterocycles. The number of rotatable bonds is 4. The molecule has 3 heteroatoms. The molecule has 0 bridgehead atoms. The topological polar surface area (TPSA) is 38.9 Å². The van der Waals surface area contributed by atoms with Crippen molar-refractivity contribution in [3.05, 3.63) is 78.5 Å². The fourth-order valence-corrected chi connectivity index (χ4v) is 2.83. The van der Waals surface area contributed by atoms with Crippen LogP contribution in [0.25, 0.3) is 33.8 Å². The molecule has 0 saturated heterocycles. The van der Waals surface area contributed by atoms with Crippen molar-refractivity contribution < 1.29 is 4.39 Å². The molecule has 0 amide bonds. The molecule has 0 fully saturated rings. The molecule has 0 spiro atoms. The van der Waals surface area contributed by atoms with E-state index in [-0.39, 0.29) is 0 Å². The summed E-state index contributed by atoms with van der Waals surface area (Å²) < 4.78 is 14.3. The molecule has 3 aromatic rings. The molecule has 0 radical (unpaired) electrons. The first-order valence-corrected chi connectivity index (χ1v) is 8.11. The first kappa shape index (κ1) is 16.9. The van der Waals surface area contributed by atoms with Gasteiger partial charge in [-0.25, -0.2) is 9.37 Å². The lowest BCUT2D eigenvalue weighted by atomic mass is 9.94. The third-order valence-corrected chi connectivity index (χ3v) is 4.27. The highest BCUT2D eigenvalue weighted by atomic mass is 19.1. The summed E-state index contributed by atoms with van der Waals surface area (Å²) in [7, 11) is 0. The predicted octanol–water partition coefficient (Wildman–Crippen LogP) is 5.68. The zero-order valence-corrected chi connectivity index (χ0v) is 14.5. The Kier molecular flexibility index (Phi) is 4.17. The molecule has 0 saturated carbocycles. The van der Waals surface area contributed by atoms with Crippen LogP contribution in [0, 0.1) is 0 Å². The largest absolute Gasteiger partial charge is 0.397 e. The van der Waals surface area contributed by atoms with Gasteiger partial charge >= 0.3 is 0 Å². The first-order chi connectivity index (χ1) is 11.8. The van der Waals surface area contributed by atoms with E-state index in [1.54, 1.807) is 26.0 Å². The minimum absolute atomic E-state index is 0.423. The standard InChI is InChI=1S/C22H21FN2/c1-5-15-13-21(14(2)24)25-20-10-9-17(12-19(15)20)16-7-6-8-18(11-16)22(3,4)23/h5-13H,1-2,24H2,3-4H3. The molecular formula is C22H21FN2. The Balaban J connectivity index is 2.18. The van der Waals surface area contributed by atoms with Gasteiger partial charge in [-0.3, -0.25) is 0 Å². The van der Waals surface area contributed by atoms with Gasteiger partial charge in [-0.2, -0.15) is 0 Å². The van der Waals surface area contributed by atoms with Crippen molar-refractivity contribution >= 4 is 22.7 Å². The maximum absolute atomic E-state index is 14.3. The van der Waals surface area contributed by atoms with Gasteiger partial charge in [-0.15, -0.1) is 0 Å². The fourth-order valence-electron chi connectivity index (χ4n) is 2.83. The van der Waals surface area contributed by atoms with E-state index in [1.807, 2.05) is 42.5 Å². The average molecular weight is 332 g/mol. The van der Waals surface area contributed by atoms with E-state index >= 15 is 0 Å². The summed E-state index contributed by atoms with van der Waals surface area (Å²) >= 11 is 0. The van der Waals surface area contributed by atoms with E-state index in [0.717, 1.165) is 27.6 Å². The molecule has 0 aliphatic heterocycles. The Hall–Kier alpha value is -2.94. The van der Waals surface area contributed by atoms with Crippen LogP contribution < -0.4 is 5.73 Å². The van der Waals surface area contributed by atoms with Crippen molar-refractivity contribution in [3.8, 4) is 11.1 Å². The van der Waals surface area contributed by atoms with Gasteiger partial charge in [-0.1, -0.05) is 43.5 Å². The number of aromatic nitrogens is 1. The van der Waals surface area contributed by atoms with Gasteiger partial charge in [0.15, 0.2) is 0 Å². The predicted molar refractivity (Wildman–Crippen MR) is 105 cm³/mol. The molecule has 126 valence electrons. The Morgan fingerprint density at radius 3 is 2.48 bits per heavy atom. The number of hydrogen-bond acceptors (Lipinski definition) is 2. The molecule has 0 unspecified atom stereocenters. The van der Waals surface area contributed by atoms with Crippen molar-refractivity contribution in [2.75, 3.05) is 0 Å². The number of fused-ring (bicyclic) bond motifs is 1. The van der Waals surface area contributed by atoms with Crippen LogP contribution in [-0.4, -0.2) is 4.98 Å². The maximum atomic E-state index is 14.3. The van der Waals surface area contributed by atoms with E-state index in [4.69, 9.17) is 5.73 Å². The second kappa shape index (κ2) is 6.17. The quantitative estimate of drug-likeness (QED) is 0.667. The fraction of sp³-hybridized carbons (Fsp3) is 0.136. The van der Waals surface area contributed by atoms with Gasteiger partial charge in [0.2, 0.25) is 0 Å². The molecule has 0 aliphatic rings. The van der Waals surface area contributed by atoms with Crippen molar-refractivity contribution in [1.29, 1.82) is 0 Å². The van der Waals surface area contributed by atoms with Crippen molar-refractivity contribution in [1.82, 2.24) is 4.98 Å². The van der Waals surface area contributed by atoms with E-state index in [2.05, 4.69) is 18.1 Å². The van der Waals surface area contributed by atoms with Gasteiger partial charge in [0.1, 0.15) is 5.67 Å². The lowest BCUT2D eigenvalue weighted by molar-refractivity contribution is 0.221. The smallest absolute Gasteiger partial charge is 0.130 e. The van der Waals surface area contributed by atoms with E-state index in [0.29, 0.717) is 17.0 Å². The summed E-state index contributed by atoms with van der Waals surface area (Å²) in [6.07, 6.45) is 1.78. The van der Waals surface area contributed by atoms with Crippen LogP contribution in [0.2, 0.25) is 0 Å². The van der Waals surface area contributed by atoms with Crippen LogP contribution in [0.1, 0.15) is 30.7 Å². The van der Waals surface area contributed by atoms with Crippen LogP contribution in [-0.2, 0) is 5.67 Å². The highest BCUT2D eigenvalue weighted by Gasteiger charge is 2.19. The minimum atomic E-state index is -1.38. The van der Waals surface area contributed by atoms with Crippen LogP contribution in [0.4, 0.5) is 4.39 Å². The lowest BCUT2D eigenvalue weighted by Crippen LogP contribution is -2.08. The highest BCUT2D eigenvalue weighted by Crippen LogP contribution is 2.31. The summed E-state index contributed by atoms with van der Waals surface area (Å²) in [5.41, 5.74) is 9.86. The maximum Gasteiger partial charge on any atom is 0.130 e. The summed E-state index contributed by atoms with van der Waals surface area (Å²) in [4.78, 5) is 4.54. The molecule has 0 atom stereocenters. The van der Waals surface area contributed by atoms with Crippen molar-refractivity contribution in [2.45, 2.75) is 19.5 Å². The number of nitrogens with two attached hydrogens (primary N) is 1. The highest BCUT2D eigenvalue weighted by molar-refractivity contribution is 5.92. The second-order valence-corrected chi connectivity index (χ2v) is 6.61. The number of alkyl halides is 1. The minimum Gasteiger partial charge on any atom is -0.397 e.